The molecular formula is C13H16N2O3S. The Morgan fingerprint density at radius 3 is 2.74 bits per heavy atom. The van der Waals surface area contributed by atoms with Crippen LogP contribution in [-0.2, 0) is 9.84 Å². The van der Waals surface area contributed by atoms with Crippen molar-refractivity contribution >= 4 is 15.4 Å². The molecule has 0 bridgehead atoms. The predicted octanol–water partition coefficient (Wildman–Crippen LogP) is 0.426. The first-order valence-electron chi connectivity index (χ1n) is 6.29. The molecule has 1 saturated heterocycles. The van der Waals surface area contributed by atoms with Crippen molar-refractivity contribution in [3.05, 3.63) is 29.2 Å². The molecule has 102 valence electrons. The topological polar surface area (TPSA) is 69.6 Å². The monoisotopic (exact) mass is 280 g/mol. The van der Waals surface area contributed by atoms with E-state index in [0.717, 1.165) is 31.8 Å². The molecule has 19 heavy (non-hydrogen) atoms. The van der Waals surface area contributed by atoms with E-state index in [-0.39, 0.29) is 10.6 Å². The first-order valence-corrected chi connectivity index (χ1v) is 7.84. The molecule has 6 heteroatoms. The smallest absolute Gasteiger partial charge is 0.204 e. The second-order valence-corrected chi connectivity index (χ2v) is 6.60. The number of piperazine rings is 1. The van der Waals surface area contributed by atoms with Gasteiger partial charge in [0.1, 0.15) is 10.6 Å². The zero-order valence-corrected chi connectivity index (χ0v) is 11.3. The van der Waals surface area contributed by atoms with E-state index in [4.69, 9.17) is 0 Å². The summed E-state index contributed by atoms with van der Waals surface area (Å²) in [6.45, 7) is 4.27. The van der Waals surface area contributed by atoms with E-state index in [1.807, 2.05) is 0 Å². The normalized spacial score (nSPS) is 22.0. The minimum Gasteiger partial charge on any atom is -0.507 e. The molecule has 5 nitrogen and oxygen atoms in total. The summed E-state index contributed by atoms with van der Waals surface area (Å²) in [7, 11) is -3.49. The minimum absolute atomic E-state index is 0.0557. The number of hydrogen-bond donors (Lipinski definition) is 2. The molecule has 0 saturated carbocycles. The van der Waals surface area contributed by atoms with Crippen LogP contribution in [0.1, 0.15) is 5.56 Å². The summed E-state index contributed by atoms with van der Waals surface area (Å²) in [4.78, 5) is 2.27. The highest BCUT2D eigenvalue weighted by Gasteiger charge is 2.30. The van der Waals surface area contributed by atoms with Gasteiger partial charge >= 0.3 is 0 Å². The van der Waals surface area contributed by atoms with Crippen LogP contribution < -0.4 is 5.32 Å². The molecule has 2 heterocycles. The lowest BCUT2D eigenvalue weighted by molar-refractivity contribution is 0.268. The molecule has 1 fully saturated rings. The van der Waals surface area contributed by atoms with Crippen molar-refractivity contribution in [1.82, 2.24) is 10.2 Å². The highest BCUT2D eigenvalue weighted by atomic mass is 32.2. The molecule has 2 aliphatic rings. The SMILES string of the molecule is O=S1(=O)C=C(CN2CCNCC2)c2cccc(O)c21. The molecule has 0 unspecified atom stereocenters. The average molecular weight is 280 g/mol. The van der Waals surface area contributed by atoms with Crippen molar-refractivity contribution in [2.75, 3.05) is 32.7 Å². The van der Waals surface area contributed by atoms with Gasteiger partial charge in [-0.1, -0.05) is 12.1 Å². The van der Waals surface area contributed by atoms with E-state index >= 15 is 0 Å². The van der Waals surface area contributed by atoms with Gasteiger partial charge in [0.25, 0.3) is 0 Å². The van der Waals surface area contributed by atoms with Crippen molar-refractivity contribution in [1.29, 1.82) is 0 Å². The van der Waals surface area contributed by atoms with Gasteiger partial charge in [-0.2, -0.15) is 0 Å². The fourth-order valence-corrected chi connectivity index (χ4v) is 4.18. The minimum atomic E-state index is -3.49. The molecule has 1 aromatic carbocycles. The van der Waals surface area contributed by atoms with Crippen LogP contribution in [0.5, 0.6) is 5.75 Å². The summed E-state index contributed by atoms with van der Waals surface area (Å²) in [5, 5.41) is 14.3. The van der Waals surface area contributed by atoms with Gasteiger partial charge in [0.2, 0.25) is 9.84 Å². The van der Waals surface area contributed by atoms with Crippen LogP contribution in [0.4, 0.5) is 0 Å². The fraction of sp³-hybridized carbons (Fsp3) is 0.385. The van der Waals surface area contributed by atoms with E-state index in [9.17, 15) is 13.5 Å². The van der Waals surface area contributed by atoms with Gasteiger partial charge in [0.15, 0.2) is 0 Å². The quantitative estimate of drug-likeness (QED) is 0.822. The largest absolute Gasteiger partial charge is 0.507 e. The van der Waals surface area contributed by atoms with Crippen LogP contribution in [0.25, 0.3) is 5.57 Å². The zero-order chi connectivity index (χ0) is 13.5. The summed E-state index contributed by atoms with van der Waals surface area (Å²) in [6, 6.07) is 4.85. The maximum absolute atomic E-state index is 12.1. The van der Waals surface area contributed by atoms with Gasteiger partial charge in [-0.3, -0.25) is 4.90 Å². The van der Waals surface area contributed by atoms with E-state index in [1.165, 1.54) is 11.5 Å². The third kappa shape index (κ3) is 2.27. The number of rotatable bonds is 2. The number of fused-ring (bicyclic) bond motifs is 1. The molecule has 3 rings (SSSR count). The van der Waals surface area contributed by atoms with Crippen LogP contribution in [0.15, 0.2) is 28.5 Å². The Labute approximate surface area is 112 Å². The summed E-state index contributed by atoms with van der Waals surface area (Å²) in [6.07, 6.45) is 0. The third-order valence-electron chi connectivity index (χ3n) is 3.53. The van der Waals surface area contributed by atoms with Crippen molar-refractivity contribution in [3.8, 4) is 5.75 Å². The van der Waals surface area contributed by atoms with Crippen molar-refractivity contribution in [3.63, 3.8) is 0 Å². The van der Waals surface area contributed by atoms with E-state index in [2.05, 4.69) is 10.2 Å². The summed E-state index contributed by atoms with van der Waals surface area (Å²) in [5.74, 6) is -0.163. The van der Waals surface area contributed by atoms with Gasteiger partial charge in [0, 0.05) is 43.7 Å². The van der Waals surface area contributed by atoms with E-state index < -0.39 is 9.84 Å². The van der Waals surface area contributed by atoms with Gasteiger partial charge in [-0.15, -0.1) is 0 Å². The van der Waals surface area contributed by atoms with Gasteiger partial charge in [-0.05, 0) is 11.6 Å². The zero-order valence-electron chi connectivity index (χ0n) is 10.5. The maximum atomic E-state index is 12.1. The standard InChI is InChI=1S/C13H16N2O3S/c16-12-3-1-2-11-10(9-19(17,18)13(11)12)8-15-6-4-14-5-7-15/h1-3,9,14,16H,4-8H2. The lowest BCUT2D eigenvalue weighted by Gasteiger charge is -2.27. The van der Waals surface area contributed by atoms with E-state index in [1.54, 1.807) is 12.1 Å². The highest BCUT2D eigenvalue weighted by Crippen LogP contribution is 2.39. The Bertz CT molecular complexity index is 631. The number of phenolic OH excluding ortho intramolecular Hbond substituents is 1. The van der Waals surface area contributed by atoms with Gasteiger partial charge in [0.05, 0.1) is 0 Å². The number of hydrogen-bond acceptors (Lipinski definition) is 5. The first-order chi connectivity index (χ1) is 9.08. The highest BCUT2D eigenvalue weighted by molar-refractivity contribution is 7.95. The Morgan fingerprint density at radius 2 is 2.00 bits per heavy atom. The van der Waals surface area contributed by atoms with Crippen LogP contribution >= 0.6 is 0 Å². The first kappa shape index (κ1) is 12.7. The molecule has 2 aliphatic heterocycles. The van der Waals surface area contributed by atoms with Gasteiger partial charge < -0.3 is 10.4 Å². The Hall–Kier alpha value is -1.37. The maximum Gasteiger partial charge on any atom is 0.204 e. The molecular weight excluding hydrogens is 264 g/mol. The number of phenols is 1. The van der Waals surface area contributed by atoms with E-state index in [0.29, 0.717) is 12.1 Å². The molecule has 2 N–H and O–H groups in total. The second kappa shape index (κ2) is 4.63. The molecule has 0 atom stereocenters. The number of benzene rings is 1. The van der Waals surface area contributed by atoms with Crippen LogP contribution in [0.2, 0.25) is 0 Å². The molecule has 0 amide bonds. The fourth-order valence-electron chi connectivity index (χ4n) is 2.62. The lowest BCUT2D eigenvalue weighted by Crippen LogP contribution is -2.43. The molecule has 0 spiro atoms. The Balaban J connectivity index is 1.94. The number of sulfone groups is 1. The van der Waals surface area contributed by atoms with Crippen LogP contribution in [0, 0.1) is 0 Å². The Kier molecular flexibility index (Phi) is 3.08. The number of aromatic hydroxyl groups is 1. The second-order valence-electron chi connectivity index (χ2n) is 4.87. The lowest BCUT2D eigenvalue weighted by atomic mass is 10.1. The molecule has 0 radical (unpaired) electrons. The Morgan fingerprint density at radius 1 is 1.26 bits per heavy atom. The molecule has 1 aromatic rings. The van der Waals surface area contributed by atoms with Crippen LogP contribution in [-0.4, -0.2) is 51.1 Å². The number of nitrogens with zero attached hydrogens (tertiary/aromatic N) is 1. The predicted molar refractivity (Wildman–Crippen MR) is 72.6 cm³/mol. The molecule has 0 aromatic heterocycles. The third-order valence-corrected chi connectivity index (χ3v) is 5.12. The summed E-state index contributed by atoms with van der Waals surface area (Å²) in [5.41, 5.74) is 1.41. The average Bonchev–Trinajstić information content (AvgIpc) is 2.63. The molecule has 0 aliphatic carbocycles. The van der Waals surface area contributed by atoms with Crippen LogP contribution in [0.3, 0.4) is 0 Å². The van der Waals surface area contributed by atoms with Gasteiger partial charge in [-0.25, -0.2) is 8.42 Å². The number of nitrogens with one attached hydrogen (secondary N) is 1. The van der Waals surface area contributed by atoms with Crippen molar-refractivity contribution in [2.45, 2.75) is 4.90 Å². The summed E-state index contributed by atoms with van der Waals surface area (Å²) >= 11 is 0. The van der Waals surface area contributed by atoms with Crippen molar-refractivity contribution in [2.24, 2.45) is 0 Å². The summed E-state index contributed by atoms with van der Waals surface area (Å²) < 4.78 is 24.1. The van der Waals surface area contributed by atoms with Crippen molar-refractivity contribution < 1.29 is 13.5 Å².